The highest BCUT2D eigenvalue weighted by Gasteiger charge is 2.25. The van der Waals surface area contributed by atoms with E-state index in [2.05, 4.69) is 30.3 Å². The highest BCUT2D eigenvalue weighted by Crippen LogP contribution is 2.25. The normalized spacial score (nSPS) is 12.3. The number of carbonyl (C=O) groups excluding carboxylic acids is 1. The molecular formula is C29H35N5O2. The van der Waals surface area contributed by atoms with E-state index < -0.39 is 0 Å². The number of amides is 1. The smallest absolute Gasteiger partial charge is 0.343 e. The second kappa shape index (κ2) is 10.9. The number of hydrogen-bond acceptors (Lipinski definition) is 4. The van der Waals surface area contributed by atoms with E-state index in [9.17, 15) is 9.59 Å². The SMILES string of the molecule is Cc1ccc(C(=O)NC(c2cc3cc(C)nn3c(=O)n2Cc2ccccc2)C(C)C)c(CCCN)c1. The molecular weight excluding hydrogens is 450 g/mol. The van der Waals surface area contributed by atoms with Crippen molar-refractivity contribution >= 4 is 11.4 Å². The van der Waals surface area contributed by atoms with Gasteiger partial charge in [0.2, 0.25) is 0 Å². The van der Waals surface area contributed by atoms with E-state index in [1.165, 1.54) is 4.52 Å². The molecule has 0 aliphatic carbocycles. The third kappa shape index (κ3) is 5.41. The van der Waals surface area contributed by atoms with E-state index in [0.29, 0.717) is 18.7 Å². The maximum absolute atomic E-state index is 13.6. The number of fused-ring (bicyclic) bond motifs is 1. The number of rotatable bonds is 9. The van der Waals surface area contributed by atoms with Crippen molar-refractivity contribution in [2.45, 2.75) is 53.1 Å². The monoisotopic (exact) mass is 485 g/mol. The van der Waals surface area contributed by atoms with Crippen molar-refractivity contribution in [3.8, 4) is 0 Å². The molecule has 0 saturated heterocycles. The van der Waals surface area contributed by atoms with Gasteiger partial charge in [-0.25, -0.2) is 4.79 Å². The van der Waals surface area contributed by atoms with E-state index in [-0.39, 0.29) is 23.6 Å². The summed E-state index contributed by atoms with van der Waals surface area (Å²) >= 11 is 0. The van der Waals surface area contributed by atoms with Crippen LogP contribution in [0.1, 0.15) is 64.7 Å². The van der Waals surface area contributed by atoms with Gasteiger partial charge in [0, 0.05) is 11.3 Å². The van der Waals surface area contributed by atoms with Gasteiger partial charge >= 0.3 is 5.69 Å². The van der Waals surface area contributed by atoms with E-state index in [1.54, 1.807) is 4.57 Å². The Balaban J connectivity index is 1.79. The van der Waals surface area contributed by atoms with Crippen LogP contribution in [0.5, 0.6) is 0 Å². The molecule has 0 bridgehead atoms. The van der Waals surface area contributed by atoms with Gasteiger partial charge in [-0.1, -0.05) is 61.9 Å². The predicted molar refractivity (Wildman–Crippen MR) is 143 cm³/mol. The molecule has 1 unspecified atom stereocenters. The molecule has 0 fully saturated rings. The maximum Gasteiger partial charge on any atom is 0.349 e. The summed E-state index contributed by atoms with van der Waals surface area (Å²) in [5.41, 5.74) is 11.5. The molecule has 3 N–H and O–H groups in total. The van der Waals surface area contributed by atoms with E-state index >= 15 is 0 Å². The maximum atomic E-state index is 13.6. The van der Waals surface area contributed by atoms with Crippen molar-refractivity contribution in [2.24, 2.45) is 11.7 Å². The highest BCUT2D eigenvalue weighted by molar-refractivity contribution is 5.96. The van der Waals surface area contributed by atoms with Crippen molar-refractivity contribution in [1.82, 2.24) is 19.5 Å². The van der Waals surface area contributed by atoms with Gasteiger partial charge in [0.05, 0.1) is 23.8 Å². The minimum atomic E-state index is -0.377. The summed E-state index contributed by atoms with van der Waals surface area (Å²) in [5.74, 6) is -0.108. The Morgan fingerprint density at radius 2 is 1.81 bits per heavy atom. The van der Waals surface area contributed by atoms with Gasteiger partial charge in [0.15, 0.2) is 0 Å². The molecule has 4 aromatic rings. The van der Waals surface area contributed by atoms with Crippen LogP contribution in [0.4, 0.5) is 0 Å². The lowest BCUT2D eigenvalue weighted by Crippen LogP contribution is -2.38. The standard InChI is InChI=1S/C29H35N5O2/c1-19(2)27(31-28(35)25-13-12-20(3)15-23(25)11-8-14-30)26-17-24-16-21(4)32-34(24)29(36)33(26)18-22-9-6-5-7-10-22/h5-7,9-10,12-13,15-17,19,27H,8,11,14,18,30H2,1-4H3,(H,31,35). The van der Waals surface area contributed by atoms with Crippen molar-refractivity contribution in [1.29, 1.82) is 0 Å². The van der Waals surface area contributed by atoms with Gasteiger partial charge in [-0.2, -0.15) is 9.61 Å². The van der Waals surface area contributed by atoms with Crippen LogP contribution in [-0.4, -0.2) is 26.6 Å². The lowest BCUT2D eigenvalue weighted by atomic mass is 9.96. The summed E-state index contributed by atoms with van der Waals surface area (Å²) in [6.45, 7) is 8.96. The van der Waals surface area contributed by atoms with Gasteiger partial charge in [-0.15, -0.1) is 0 Å². The fourth-order valence-electron chi connectivity index (χ4n) is 4.66. The molecule has 188 valence electrons. The second-order valence-electron chi connectivity index (χ2n) is 9.79. The van der Waals surface area contributed by atoms with Crippen molar-refractivity contribution in [3.63, 3.8) is 0 Å². The fraction of sp³-hybridized carbons (Fsp3) is 0.345. The lowest BCUT2D eigenvalue weighted by molar-refractivity contribution is 0.0922. The van der Waals surface area contributed by atoms with Gasteiger partial charge in [0.25, 0.3) is 5.91 Å². The molecule has 4 rings (SSSR count). The van der Waals surface area contributed by atoms with Gasteiger partial charge in [-0.05, 0) is 68.5 Å². The van der Waals surface area contributed by atoms with Crippen LogP contribution < -0.4 is 16.7 Å². The first-order valence-corrected chi connectivity index (χ1v) is 12.5. The van der Waals surface area contributed by atoms with Crippen LogP contribution >= 0.6 is 0 Å². The quantitative estimate of drug-likeness (QED) is 0.372. The number of nitrogens with two attached hydrogens (primary N) is 1. The molecule has 1 atom stereocenters. The summed E-state index contributed by atoms with van der Waals surface area (Å²) < 4.78 is 3.16. The average molecular weight is 486 g/mol. The first-order valence-electron chi connectivity index (χ1n) is 12.5. The number of aromatic nitrogens is 3. The van der Waals surface area contributed by atoms with Crippen LogP contribution in [0.2, 0.25) is 0 Å². The van der Waals surface area contributed by atoms with Crippen LogP contribution in [-0.2, 0) is 13.0 Å². The summed E-state index contributed by atoms with van der Waals surface area (Å²) in [6.07, 6.45) is 1.55. The third-order valence-corrected chi connectivity index (χ3v) is 6.49. The number of aryl methyl sites for hydroxylation is 3. The molecule has 2 heterocycles. The molecule has 2 aromatic heterocycles. The Hall–Kier alpha value is -3.71. The molecule has 0 spiro atoms. The minimum Gasteiger partial charge on any atom is -0.343 e. The Kier molecular flexibility index (Phi) is 7.70. The average Bonchev–Trinajstić information content (AvgIpc) is 3.24. The predicted octanol–water partition coefficient (Wildman–Crippen LogP) is 4.18. The largest absolute Gasteiger partial charge is 0.349 e. The minimum absolute atomic E-state index is 0.0415. The first kappa shape index (κ1) is 25.4. The lowest BCUT2D eigenvalue weighted by Gasteiger charge is -2.27. The van der Waals surface area contributed by atoms with Gasteiger partial charge in [-0.3, -0.25) is 9.36 Å². The Labute approximate surface area is 212 Å². The van der Waals surface area contributed by atoms with E-state index in [1.807, 2.05) is 68.4 Å². The first-order chi connectivity index (χ1) is 17.3. The fourth-order valence-corrected chi connectivity index (χ4v) is 4.66. The molecule has 0 aliphatic heterocycles. The van der Waals surface area contributed by atoms with Gasteiger partial charge in [0.1, 0.15) is 0 Å². The Bertz CT molecular complexity index is 1420. The van der Waals surface area contributed by atoms with Crippen LogP contribution in [0.3, 0.4) is 0 Å². The number of hydrogen-bond donors (Lipinski definition) is 2. The summed E-state index contributed by atoms with van der Waals surface area (Å²) in [7, 11) is 0. The zero-order valence-electron chi connectivity index (χ0n) is 21.5. The zero-order valence-corrected chi connectivity index (χ0v) is 21.5. The van der Waals surface area contributed by atoms with Crippen LogP contribution in [0.15, 0.2) is 65.5 Å². The molecule has 7 heteroatoms. The topological polar surface area (TPSA) is 94.4 Å². The zero-order chi connectivity index (χ0) is 25.8. The van der Waals surface area contributed by atoms with E-state index in [4.69, 9.17) is 5.73 Å². The Morgan fingerprint density at radius 3 is 2.50 bits per heavy atom. The highest BCUT2D eigenvalue weighted by atomic mass is 16.2. The molecule has 2 aromatic carbocycles. The number of nitrogens with one attached hydrogen (secondary N) is 1. The molecule has 0 radical (unpaired) electrons. The van der Waals surface area contributed by atoms with Crippen molar-refractivity contribution in [3.05, 3.63) is 105 Å². The number of benzene rings is 2. The molecule has 0 aliphatic rings. The Morgan fingerprint density at radius 1 is 1.06 bits per heavy atom. The summed E-state index contributed by atoms with van der Waals surface area (Å²) in [5, 5.41) is 7.65. The second-order valence-corrected chi connectivity index (χ2v) is 9.79. The van der Waals surface area contributed by atoms with Crippen molar-refractivity contribution in [2.75, 3.05) is 6.54 Å². The summed E-state index contributed by atoms with van der Waals surface area (Å²) in [4.78, 5) is 27.2. The molecule has 0 saturated carbocycles. The van der Waals surface area contributed by atoms with Crippen LogP contribution in [0.25, 0.3) is 5.52 Å². The molecule has 7 nitrogen and oxygen atoms in total. The third-order valence-electron chi connectivity index (χ3n) is 6.49. The number of carbonyl (C=O) groups is 1. The van der Waals surface area contributed by atoms with Crippen molar-refractivity contribution < 1.29 is 4.79 Å². The van der Waals surface area contributed by atoms with E-state index in [0.717, 1.165) is 46.4 Å². The van der Waals surface area contributed by atoms with Gasteiger partial charge < -0.3 is 11.1 Å². The van der Waals surface area contributed by atoms with Crippen LogP contribution in [0, 0.1) is 19.8 Å². The summed E-state index contributed by atoms with van der Waals surface area (Å²) in [6, 6.07) is 19.2. The number of nitrogens with zero attached hydrogens (tertiary/aromatic N) is 3. The molecule has 36 heavy (non-hydrogen) atoms. The molecule has 1 amide bonds.